The molecule has 0 aliphatic rings. The van der Waals surface area contributed by atoms with E-state index in [1.54, 1.807) is 19.2 Å². The summed E-state index contributed by atoms with van der Waals surface area (Å²) < 4.78 is 0. The van der Waals surface area contributed by atoms with Crippen LogP contribution in [0.1, 0.15) is 35.5 Å². The lowest BCUT2D eigenvalue weighted by Gasteiger charge is -2.13. The highest BCUT2D eigenvalue weighted by Crippen LogP contribution is 2.27. The number of amides is 1. The Morgan fingerprint density at radius 1 is 1.50 bits per heavy atom. The van der Waals surface area contributed by atoms with E-state index in [0.29, 0.717) is 5.69 Å². The molecular weight excluding hydrogens is 252 g/mol. The van der Waals surface area contributed by atoms with Gasteiger partial charge in [0.05, 0.1) is 11.7 Å². The fourth-order valence-electron chi connectivity index (χ4n) is 1.44. The van der Waals surface area contributed by atoms with Crippen molar-refractivity contribution >= 4 is 28.9 Å². The first-order chi connectivity index (χ1) is 8.47. The number of hydrogen-bond donors (Lipinski definition) is 3. The van der Waals surface area contributed by atoms with Crippen LogP contribution < -0.4 is 10.6 Å². The minimum absolute atomic E-state index is 0.170. The van der Waals surface area contributed by atoms with Gasteiger partial charge in [-0.25, -0.2) is 4.79 Å². The first kappa shape index (κ1) is 14.7. The largest absolute Gasteiger partial charge is 0.477 e. The maximum absolute atomic E-state index is 11.9. The standard InChI is InChI=1S/C12H18N2O3S/c1-4-5-13-8(3)11(15)14-9-7(2)6-18-10(9)12(16)17/h6,8,13H,4-5H2,1-3H3,(H,14,15)(H,16,17)/t8-/m0/s1. The van der Waals surface area contributed by atoms with Gasteiger partial charge in [-0.3, -0.25) is 4.79 Å². The molecule has 0 unspecified atom stereocenters. The van der Waals surface area contributed by atoms with Crippen molar-refractivity contribution in [3.05, 3.63) is 15.8 Å². The van der Waals surface area contributed by atoms with Crippen LogP contribution >= 0.6 is 11.3 Å². The summed E-state index contributed by atoms with van der Waals surface area (Å²) in [7, 11) is 0. The van der Waals surface area contributed by atoms with Gasteiger partial charge in [-0.05, 0) is 37.8 Å². The molecule has 0 radical (unpaired) electrons. The molecule has 0 fully saturated rings. The molecule has 1 amide bonds. The van der Waals surface area contributed by atoms with Gasteiger partial charge in [0.1, 0.15) is 4.88 Å². The number of carbonyl (C=O) groups excluding carboxylic acids is 1. The lowest BCUT2D eigenvalue weighted by atomic mass is 10.2. The van der Waals surface area contributed by atoms with E-state index in [-0.39, 0.29) is 16.8 Å². The van der Waals surface area contributed by atoms with Gasteiger partial charge in [-0.15, -0.1) is 11.3 Å². The molecule has 100 valence electrons. The molecule has 1 heterocycles. The molecule has 0 aromatic carbocycles. The number of carboxylic acid groups (broad SMARTS) is 1. The zero-order chi connectivity index (χ0) is 13.7. The van der Waals surface area contributed by atoms with E-state index in [9.17, 15) is 9.59 Å². The minimum Gasteiger partial charge on any atom is -0.477 e. The van der Waals surface area contributed by atoms with E-state index in [0.717, 1.165) is 29.9 Å². The number of rotatable bonds is 6. The summed E-state index contributed by atoms with van der Waals surface area (Å²) in [5.41, 5.74) is 1.18. The van der Waals surface area contributed by atoms with E-state index in [1.807, 2.05) is 6.92 Å². The Kier molecular flexibility index (Phi) is 5.30. The van der Waals surface area contributed by atoms with Crippen LogP contribution in [0.5, 0.6) is 0 Å². The number of carbonyl (C=O) groups is 2. The Balaban J connectivity index is 2.75. The Bertz CT molecular complexity index is 443. The lowest BCUT2D eigenvalue weighted by molar-refractivity contribution is -0.117. The molecule has 1 aromatic heterocycles. The van der Waals surface area contributed by atoms with Crippen LogP contribution in [0.4, 0.5) is 5.69 Å². The molecule has 5 nitrogen and oxygen atoms in total. The maximum atomic E-state index is 11.9. The normalized spacial score (nSPS) is 12.2. The first-order valence-corrected chi connectivity index (χ1v) is 6.71. The van der Waals surface area contributed by atoms with E-state index < -0.39 is 5.97 Å². The number of hydrogen-bond acceptors (Lipinski definition) is 4. The molecule has 1 rings (SSSR count). The second kappa shape index (κ2) is 6.51. The van der Waals surface area contributed by atoms with E-state index in [1.165, 1.54) is 0 Å². The molecule has 18 heavy (non-hydrogen) atoms. The fraction of sp³-hybridized carbons (Fsp3) is 0.500. The van der Waals surface area contributed by atoms with Crippen molar-refractivity contribution in [1.29, 1.82) is 0 Å². The van der Waals surface area contributed by atoms with Crippen molar-refractivity contribution in [3.8, 4) is 0 Å². The SMILES string of the molecule is CCCN[C@@H](C)C(=O)Nc1c(C)csc1C(=O)O. The molecule has 0 saturated carbocycles. The summed E-state index contributed by atoms with van der Waals surface area (Å²) in [6.45, 7) is 6.31. The molecule has 0 bridgehead atoms. The number of aromatic carboxylic acids is 1. The zero-order valence-corrected chi connectivity index (χ0v) is 11.6. The van der Waals surface area contributed by atoms with Gasteiger partial charge in [0.25, 0.3) is 0 Å². The molecule has 0 saturated heterocycles. The highest BCUT2D eigenvalue weighted by Gasteiger charge is 2.19. The van der Waals surface area contributed by atoms with E-state index in [4.69, 9.17) is 5.11 Å². The maximum Gasteiger partial charge on any atom is 0.348 e. The van der Waals surface area contributed by atoms with E-state index in [2.05, 4.69) is 10.6 Å². The number of anilines is 1. The highest BCUT2D eigenvalue weighted by molar-refractivity contribution is 7.12. The monoisotopic (exact) mass is 270 g/mol. The third-order valence-electron chi connectivity index (χ3n) is 2.51. The number of aryl methyl sites for hydroxylation is 1. The van der Waals surface area contributed by atoms with Crippen molar-refractivity contribution in [1.82, 2.24) is 5.32 Å². The number of carboxylic acids is 1. The zero-order valence-electron chi connectivity index (χ0n) is 10.7. The summed E-state index contributed by atoms with van der Waals surface area (Å²) in [6.07, 6.45) is 0.940. The van der Waals surface area contributed by atoms with Crippen molar-refractivity contribution in [2.45, 2.75) is 33.2 Å². The van der Waals surface area contributed by atoms with Crippen molar-refractivity contribution in [2.75, 3.05) is 11.9 Å². The van der Waals surface area contributed by atoms with Crippen LogP contribution in [0, 0.1) is 6.92 Å². The molecule has 1 aromatic rings. The fourth-order valence-corrected chi connectivity index (χ4v) is 2.29. The third-order valence-corrected chi connectivity index (χ3v) is 3.60. The van der Waals surface area contributed by atoms with Crippen molar-refractivity contribution in [3.63, 3.8) is 0 Å². The minimum atomic E-state index is -1.02. The summed E-state index contributed by atoms with van der Waals surface area (Å²) in [5.74, 6) is -1.23. The van der Waals surface area contributed by atoms with Gasteiger partial charge in [-0.2, -0.15) is 0 Å². The Morgan fingerprint density at radius 3 is 2.72 bits per heavy atom. The smallest absolute Gasteiger partial charge is 0.348 e. The van der Waals surface area contributed by atoms with Gasteiger partial charge in [0, 0.05) is 0 Å². The molecular formula is C12H18N2O3S. The van der Waals surface area contributed by atoms with Crippen LogP contribution in [0.15, 0.2) is 5.38 Å². The van der Waals surface area contributed by atoms with Gasteiger partial charge in [-0.1, -0.05) is 6.92 Å². The molecule has 0 aliphatic heterocycles. The van der Waals surface area contributed by atoms with Gasteiger partial charge >= 0.3 is 5.97 Å². The summed E-state index contributed by atoms with van der Waals surface area (Å²) in [5, 5.41) is 16.5. The summed E-state index contributed by atoms with van der Waals surface area (Å²) >= 11 is 1.12. The first-order valence-electron chi connectivity index (χ1n) is 5.83. The summed E-state index contributed by atoms with van der Waals surface area (Å²) in [4.78, 5) is 23.1. The van der Waals surface area contributed by atoms with Gasteiger partial charge in [0.15, 0.2) is 0 Å². The Labute approximate surface area is 110 Å². The number of thiophene rings is 1. The lowest BCUT2D eigenvalue weighted by Crippen LogP contribution is -2.38. The number of nitrogens with one attached hydrogen (secondary N) is 2. The van der Waals surface area contributed by atoms with Crippen LogP contribution in [-0.2, 0) is 4.79 Å². The van der Waals surface area contributed by atoms with Gasteiger partial charge < -0.3 is 15.7 Å². The Hall–Kier alpha value is -1.40. The van der Waals surface area contributed by atoms with Crippen LogP contribution in [0.25, 0.3) is 0 Å². The molecule has 0 aliphatic carbocycles. The third kappa shape index (κ3) is 3.54. The average Bonchev–Trinajstić information content (AvgIpc) is 2.68. The van der Waals surface area contributed by atoms with Crippen LogP contribution in [0.2, 0.25) is 0 Å². The van der Waals surface area contributed by atoms with Crippen molar-refractivity contribution < 1.29 is 14.7 Å². The second-order valence-corrected chi connectivity index (χ2v) is 4.97. The molecule has 6 heteroatoms. The Morgan fingerprint density at radius 2 is 2.17 bits per heavy atom. The van der Waals surface area contributed by atoms with Gasteiger partial charge in [0.2, 0.25) is 5.91 Å². The molecule has 1 atom stereocenters. The average molecular weight is 270 g/mol. The van der Waals surface area contributed by atoms with Crippen molar-refractivity contribution in [2.24, 2.45) is 0 Å². The highest BCUT2D eigenvalue weighted by atomic mass is 32.1. The topological polar surface area (TPSA) is 78.4 Å². The predicted octanol–water partition coefficient (Wildman–Crippen LogP) is 2.08. The van der Waals surface area contributed by atoms with Crippen LogP contribution in [-0.4, -0.2) is 29.6 Å². The molecule has 3 N–H and O–H groups in total. The molecule has 0 spiro atoms. The quantitative estimate of drug-likeness (QED) is 0.739. The van der Waals surface area contributed by atoms with E-state index >= 15 is 0 Å². The predicted molar refractivity (Wildman–Crippen MR) is 72.4 cm³/mol. The summed E-state index contributed by atoms with van der Waals surface area (Å²) in [6, 6.07) is -0.342. The van der Waals surface area contributed by atoms with Crippen LogP contribution in [0.3, 0.4) is 0 Å². The second-order valence-electron chi connectivity index (χ2n) is 4.09.